The molecule has 0 amide bonds. The highest BCUT2D eigenvalue weighted by atomic mass is 32.1. The number of furan rings is 1. The van der Waals surface area contributed by atoms with E-state index in [0.29, 0.717) is 6.54 Å². The summed E-state index contributed by atoms with van der Waals surface area (Å²) in [6, 6.07) is 8.01. The lowest BCUT2D eigenvalue weighted by Crippen LogP contribution is -2.29. The molecule has 0 bridgehead atoms. The fourth-order valence-electron chi connectivity index (χ4n) is 1.80. The number of aliphatic hydroxyl groups is 1. The van der Waals surface area contributed by atoms with Crippen LogP contribution in [-0.4, -0.2) is 22.7 Å². The van der Waals surface area contributed by atoms with Gasteiger partial charge in [0.15, 0.2) is 0 Å². The largest absolute Gasteiger partial charge is 0.468 e. The van der Waals surface area contributed by atoms with Crippen LogP contribution in [0.2, 0.25) is 0 Å². The van der Waals surface area contributed by atoms with Crippen molar-refractivity contribution in [3.63, 3.8) is 0 Å². The van der Waals surface area contributed by atoms with E-state index in [9.17, 15) is 5.11 Å². The molecule has 3 nitrogen and oxygen atoms in total. The van der Waals surface area contributed by atoms with Crippen LogP contribution in [0.1, 0.15) is 17.6 Å². The maximum Gasteiger partial charge on any atom is 0.117 e. The molecule has 4 heteroatoms. The molecule has 2 aromatic rings. The Hall–Kier alpha value is -1.10. The Bertz CT molecular complexity index is 372. The van der Waals surface area contributed by atoms with Gasteiger partial charge in [0.05, 0.1) is 18.9 Å². The van der Waals surface area contributed by atoms with Gasteiger partial charge < -0.3 is 9.52 Å². The molecule has 1 atom stereocenters. The number of aliphatic hydroxyl groups excluding tert-OH is 1. The van der Waals surface area contributed by atoms with Crippen LogP contribution in [0, 0.1) is 0 Å². The molecule has 0 aromatic carbocycles. The Morgan fingerprint density at radius 3 is 2.82 bits per heavy atom. The summed E-state index contributed by atoms with van der Waals surface area (Å²) in [4.78, 5) is 3.49. The number of thiophene rings is 1. The zero-order valence-corrected chi connectivity index (χ0v) is 10.7. The molecule has 1 N–H and O–H groups in total. The summed E-state index contributed by atoms with van der Waals surface area (Å²) >= 11 is 1.74. The lowest BCUT2D eigenvalue weighted by Gasteiger charge is -2.21. The first-order valence-electron chi connectivity index (χ1n) is 5.69. The Balaban J connectivity index is 1.97. The van der Waals surface area contributed by atoms with Gasteiger partial charge in [-0.1, -0.05) is 6.07 Å². The van der Waals surface area contributed by atoms with Crippen LogP contribution >= 0.6 is 11.3 Å². The molecule has 0 aliphatic carbocycles. The Kier molecular flexibility index (Phi) is 4.36. The molecule has 0 saturated carbocycles. The van der Waals surface area contributed by atoms with Gasteiger partial charge in [-0.05, 0) is 30.5 Å². The van der Waals surface area contributed by atoms with Crippen LogP contribution in [0.15, 0.2) is 40.3 Å². The van der Waals surface area contributed by atoms with Crippen molar-refractivity contribution in [3.05, 3.63) is 46.5 Å². The summed E-state index contributed by atoms with van der Waals surface area (Å²) in [5.74, 6) is 0.933. The van der Waals surface area contributed by atoms with E-state index in [-0.39, 0.29) is 6.10 Å². The second kappa shape index (κ2) is 6.00. The summed E-state index contributed by atoms with van der Waals surface area (Å²) in [5.41, 5.74) is 0. The lowest BCUT2D eigenvalue weighted by molar-refractivity contribution is 0.114. The minimum absolute atomic E-state index is 0.329. The summed E-state index contributed by atoms with van der Waals surface area (Å²) in [7, 11) is 0. The van der Waals surface area contributed by atoms with Gasteiger partial charge in [-0.15, -0.1) is 11.3 Å². The summed E-state index contributed by atoms with van der Waals surface area (Å²) in [6.07, 6.45) is 1.35. The molecule has 2 rings (SSSR count). The van der Waals surface area contributed by atoms with E-state index in [0.717, 1.165) is 18.8 Å². The second-order valence-corrected chi connectivity index (χ2v) is 5.21. The summed E-state index contributed by atoms with van der Waals surface area (Å²) in [6.45, 7) is 4.04. The summed E-state index contributed by atoms with van der Waals surface area (Å²) < 4.78 is 5.34. The normalized spacial score (nSPS) is 13.1. The van der Waals surface area contributed by atoms with Gasteiger partial charge in [-0.3, -0.25) is 4.90 Å². The number of hydrogen-bond donors (Lipinski definition) is 1. The Morgan fingerprint density at radius 2 is 2.24 bits per heavy atom. The van der Waals surface area contributed by atoms with E-state index in [1.807, 2.05) is 25.1 Å². The van der Waals surface area contributed by atoms with E-state index in [2.05, 4.69) is 16.3 Å². The van der Waals surface area contributed by atoms with Crippen molar-refractivity contribution in [2.24, 2.45) is 0 Å². The molecule has 2 heterocycles. The third-order valence-electron chi connectivity index (χ3n) is 2.44. The molecule has 17 heavy (non-hydrogen) atoms. The van der Waals surface area contributed by atoms with Crippen LogP contribution in [0.4, 0.5) is 0 Å². The zero-order valence-electron chi connectivity index (χ0n) is 9.87. The highest BCUT2D eigenvalue weighted by Crippen LogP contribution is 2.15. The van der Waals surface area contributed by atoms with Crippen molar-refractivity contribution < 1.29 is 9.52 Å². The standard InChI is InChI=1S/C13H17NO2S/c1-11(15)8-14(9-12-4-2-6-16-12)10-13-5-3-7-17-13/h2-7,11,15H,8-10H2,1H3. The summed E-state index contributed by atoms with van der Waals surface area (Å²) in [5, 5.41) is 11.6. The molecule has 0 radical (unpaired) electrons. The fraction of sp³-hybridized carbons (Fsp3) is 0.385. The molecule has 0 spiro atoms. The molecular formula is C13H17NO2S. The average Bonchev–Trinajstić information content (AvgIpc) is 2.89. The second-order valence-electron chi connectivity index (χ2n) is 4.18. The van der Waals surface area contributed by atoms with Crippen molar-refractivity contribution in [3.8, 4) is 0 Å². The maximum absolute atomic E-state index is 9.51. The number of rotatable bonds is 6. The van der Waals surface area contributed by atoms with Crippen LogP contribution in [0.25, 0.3) is 0 Å². The van der Waals surface area contributed by atoms with Gasteiger partial charge in [-0.2, -0.15) is 0 Å². The predicted molar refractivity (Wildman–Crippen MR) is 68.8 cm³/mol. The Labute approximate surface area is 105 Å². The van der Waals surface area contributed by atoms with Crippen molar-refractivity contribution in [2.75, 3.05) is 6.54 Å². The smallest absolute Gasteiger partial charge is 0.117 e. The van der Waals surface area contributed by atoms with E-state index in [1.54, 1.807) is 17.6 Å². The first-order chi connectivity index (χ1) is 8.24. The minimum Gasteiger partial charge on any atom is -0.468 e. The number of hydrogen-bond acceptors (Lipinski definition) is 4. The molecule has 0 aliphatic heterocycles. The third-order valence-corrected chi connectivity index (χ3v) is 3.30. The average molecular weight is 251 g/mol. The molecule has 0 fully saturated rings. The van der Waals surface area contributed by atoms with Crippen LogP contribution in [0.3, 0.4) is 0 Å². The molecule has 1 unspecified atom stereocenters. The zero-order chi connectivity index (χ0) is 12.1. The molecular weight excluding hydrogens is 234 g/mol. The van der Waals surface area contributed by atoms with Crippen molar-refractivity contribution >= 4 is 11.3 Å². The quantitative estimate of drug-likeness (QED) is 0.857. The Morgan fingerprint density at radius 1 is 1.35 bits per heavy atom. The molecule has 2 aromatic heterocycles. The van der Waals surface area contributed by atoms with E-state index < -0.39 is 0 Å². The van der Waals surface area contributed by atoms with Gasteiger partial charge >= 0.3 is 0 Å². The van der Waals surface area contributed by atoms with Crippen LogP contribution in [-0.2, 0) is 13.1 Å². The van der Waals surface area contributed by atoms with Gasteiger partial charge in [0, 0.05) is 18.0 Å². The van der Waals surface area contributed by atoms with E-state index >= 15 is 0 Å². The minimum atomic E-state index is -0.329. The molecule has 0 aliphatic rings. The van der Waals surface area contributed by atoms with Crippen molar-refractivity contribution in [1.29, 1.82) is 0 Å². The van der Waals surface area contributed by atoms with Gasteiger partial charge in [0.1, 0.15) is 5.76 Å². The van der Waals surface area contributed by atoms with Gasteiger partial charge in [-0.25, -0.2) is 0 Å². The fourth-order valence-corrected chi connectivity index (χ4v) is 2.55. The van der Waals surface area contributed by atoms with Crippen molar-refractivity contribution in [2.45, 2.75) is 26.1 Å². The van der Waals surface area contributed by atoms with Gasteiger partial charge in [0.25, 0.3) is 0 Å². The molecule has 92 valence electrons. The first-order valence-corrected chi connectivity index (χ1v) is 6.57. The number of nitrogens with zero attached hydrogens (tertiary/aromatic N) is 1. The van der Waals surface area contributed by atoms with E-state index in [4.69, 9.17) is 4.42 Å². The predicted octanol–water partition coefficient (Wildman–Crippen LogP) is 2.72. The van der Waals surface area contributed by atoms with Gasteiger partial charge in [0.2, 0.25) is 0 Å². The topological polar surface area (TPSA) is 36.6 Å². The first kappa shape index (κ1) is 12.4. The molecule has 0 saturated heterocycles. The van der Waals surface area contributed by atoms with Crippen LogP contribution in [0.5, 0.6) is 0 Å². The third kappa shape index (κ3) is 4.00. The monoisotopic (exact) mass is 251 g/mol. The SMILES string of the molecule is CC(O)CN(Cc1ccco1)Cc1cccs1. The van der Waals surface area contributed by atoms with Crippen molar-refractivity contribution in [1.82, 2.24) is 4.90 Å². The van der Waals surface area contributed by atoms with Crippen LogP contribution < -0.4 is 0 Å². The maximum atomic E-state index is 9.51. The highest BCUT2D eigenvalue weighted by molar-refractivity contribution is 7.09. The highest BCUT2D eigenvalue weighted by Gasteiger charge is 2.11. The van der Waals surface area contributed by atoms with E-state index in [1.165, 1.54) is 4.88 Å². The lowest BCUT2D eigenvalue weighted by atomic mass is 10.3.